The molecule has 0 unspecified atom stereocenters. The van der Waals surface area contributed by atoms with Crippen LogP contribution in [0.5, 0.6) is 0 Å². The lowest BCUT2D eigenvalue weighted by Gasteiger charge is -2.09. The number of nitrogens with zero attached hydrogens (tertiary/aromatic N) is 1. The summed E-state index contributed by atoms with van der Waals surface area (Å²) in [7, 11) is 0. The number of hydrogen-bond donors (Lipinski definition) is 1. The van der Waals surface area contributed by atoms with Crippen LogP contribution in [0.15, 0.2) is 50.7 Å². The average molecular weight is 368 g/mol. The van der Waals surface area contributed by atoms with Crippen molar-refractivity contribution in [1.29, 1.82) is 0 Å². The number of nitro groups is 1. The van der Waals surface area contributed by atoms with Crippen LogP contribution < -0.4 is 0 Å². The fourth-order valence-electron chi connectivity index (χ4n) is 1.74. The molecular formula is C14H10BrNO4S. The Morgan fingerprint density at radius 2 is 1.95 bits per heavy atom. The van der Waals surface area contributed by atoms with E-state index in [1.807, 2.05) is 24.3 Å². The number of carbonyl (C=O) groups is 1. The van der Waals surface area contributed by atoms with Crippen molar-refractivity contribution in [3.63, 3.8) is 0 Å². The molecule has 2 aromatic carbocycles. The summed E-state index contributed by atoms with van der Waals surface area (Å²) in [5, 5.41) is 20.1. The molecule has 0 saturated carbocycles. The average Bonchev–Trinajstić information content (AvgIpc) is 2.42. The van der Waals surface area contributed by atoms with Crippen LogP contribution in [0.3, 0.4) is 0 Å². The number of carboxylic acids is 1. The molecule has 0 bridgehead atoms. The molecule has 7 heteroatoms. The number of nitro benzene ring substituents is 1. The highest BCUT2D eigenvalue weighted by Crippen LogP contribution is 2.38. The predicted molar refractivity (Wildman–Crippen MR) is 83.1 cm³/mol. The van der Waals surface area contributed by atoms with Gasteiger partial charge in [-0.15, -0.1) is 0 Å². The zero-order valence-corrected chi connectivity index (χ0v) is 13.3. The van der Waals surface area contributed by atoms with Crippen molar-refractivity contribution in [2.24, 2.45) is 0 Å². The van der Waals surface area contributed by atoms with Gasteiger partial charge in [0.15, 0.2) is 0 Å². The van der Waals surface area contributed by atoms with Crippen LogP contribution in [-0.2, 0) is 0 Å². The van der Waals surface area contributed by atoms with Gasteiger partial charge in [0.05, 0.1) is 10.5 Å². The van der Waals surface area contributed by atoms with Gasteiger partial charge in [0, 0.05) is 25.9 Å². The van der Waals surface area contributed by atoms with Crippen molar-refractivity contribution < 1.29 is 14.8 Å². The second-order valence-electron chi connectivity index (χ2n) is 4.21. The summed E-state index contributed by atoms with van der Waals surface area (Å²) in [6, 6.07) is 9.95. The van der Waals surface area contributed by atoms with E-state index in [9.17, 15) is 14.9 Å². The molecule has 1 N–H and O–H groups in total. The van der Waals surface area contributed by atoms with E-state index in [0.717, 1.165) is 15.4 Å². The summed E-state index contributed by atoms with van der Waals surface area (Å²) in [5.41, 5.74) is 0.164. The van der Waals surface area contributed by atoms with Crippen molar-refractivity contribution in [2.45, 2.75) is 16.7 Å². The van der Waals surface area contributed by atoms with Gasteiger partial charge in [-0.1, -0.05) is 23.9 Å². The molecule has 5 nitrogen and oxygen atoms in total. The zero-order valence-electron chi connectivity index (χ0n) is 10.9. The van der Waals surface area contributed by atoms with Gasteiger partial charge in [-0.05, 0) is 41.1 Å². The van der Waals surface area contributed by atoms with E-state index in [1.165, 1.54) is 17.8 Å². The fraction of sp³-hybridized carbons (Fsp3) is 0.0714. The van der Waals surface area contributed by atoms with E-state index in [2.05, 4.69) is 15.9 Å². The third kappa shape index (κ3) is 3.43. The normalized spacial score (nSPS) is 10.4. The van der Waals surface area contributed by atoms with Crippen molar-refractivity contribution in [2.75, 3.05) is 0 Å². The van der Waals surface area contributed by atoms with Crippen molar-refractivity contribution in [3.8, 4) is 0 Å². The first kappa shape index (κ1) is 15.5. The van der Waals surface area contributed by atoms with Gasteiger partial charge in [0.1, 0.15) is 0 Å². The van der Waals surface area contributed by atoms with Crippen molar-refractivity contribution in [3.05, 3.63) is 62.1 Å². The van der Waals surface area contributed by atoms with Crippen LogP contribution >= 0.6 is 27.7 Å². The second-order valence-corrected chi connectivity index (χ2v) is 6.15. The van der Waals surface area contributed by atoms with Crippen LogP contribution in [-0.4, -0.2) is 16.0 Å². The largest absolute Gasteiger partial charge is 0.478 e. The molecule has 0 aliphatic carbocycles. The summed E-state index contributed by atoms with van der Waals surface area (Å²) < 4.78 is 0.845. The minimum absolute atomic E-state index is 0.0955. The molecule has 0 aromatic heterocycles. The number of rotatable bonds is 4. The molecule has 2 rings (SSSR count). The lowest BCUT2D eigenvalue weighted by molar-refractivity contribution is -0.385. The number of benzene rings is 2. The predicted octanol–water partition coefficient (Wildman–Crippen LogP) is 4.52. The molecule has 0 fully saturated rings. The quantitative estimate of drug-likeness (QED) is 0.634. The minimum atomic E-state index is -1.19. The number of carboxylic acid groups (broad SMARTS) is 1. The maximum absolute atomic E-state index is 11.1. The molecule has 0 radical (unpaired) electrons. The Hall–Kier alpha value is -1.86. The molecule has 0 aliphatic heterocycles. The maximum atomic E-state index is 11.1. The summed E-state index contributed by atoms with van der Waals surface area (Å²) in [5.74, 6) is -1.19. The molecule has 0 spiro atoms. The lowest BCUT2D eigenvalue weighted by Crippen LogP contribution is -2.01. The number of halogens is 1. The number of aromatic carboxylic acids is 1. The summed E-state index contributed by atoms with van der Waals surface area (Å²) in [4.78, 5) is 23.0. The van der Waals surface area contributed by atoms with E-state index >= 15 is 0 Å². The minimum Gasteiger partial charge on any atom is -0.478 e. The van der Waals surface area contributed by atoms with Crippen LogP contribution in [0.1, 0.15) is 15.9 Å². The third-order valence-corrected chi connectivity index (χ3v) is 5.01. The van der Waals surface area contributed by atoms with Crippen molar-refractivity contribution >= 4 is 39.3 Å². The summed E-state index contributed by atoms with van der Waals surface area (Å²) >= 11 is 4.69. The maximum Gasteiger partial charge on any atom is 0.335 e. The Morgan fingerprint density at radius 3 is 2.52 bits per heavy atom. The highest BCUT2D eigenvalue weighted by atomic mass is 79.9. The van der Waals surface area contributed by atoms with Crippen molar-refractivity contribution in [1.82, 2.24) is 0 Å². The van der Waals surface area contributed by atoms with Crippen LogP contribution in [0, 0.1) is 17.0 Å². The van der Waals surface area contributed by atoms with Gasteiger partial charge >= 0.3 is 5.97 Å². The van der Waals surface area contributed by atoms with Gasteiger partial charge in [-0.25, -0.2) is 4.79 Å². The monoisotopic (exact) mass is 367 g/mol. The van der Waals surface area contributed by atoms with Gasteiger partial charge in [-0.2, -0.15) is 0 Å². The molecule has 0 saturated heterocycles. The lowest BCUT2D eigenvalue weighted by atomic mass is 10.1. The summed E-state index contributed by atoms with van der Waals surface area (Å²) in [6.07, 6.45) is 0. The van der Waals surface area contributed by atoms with E-state index in [0.29, 0.717) is 10.5 Å². The van der Waals surface area contributed by atoms with E-state index in [-0.39, 0.29) is 11.3 Å². The van der Waals surface area contributed by atoms with Crippen LogP contribution in [0.2, 0.25) is 0 Å². The number of hydrogen-bond acceptors (Lipinski definition) is 4. The zero-order chi connectivity index (χ0) is 15.6. The topological polar surface area (TPSA) is 80.4 Å². The van der Waals surface area contributed by atoms with Gasteiger partial charge in [0.2, 0.25) is 0 Å². The molecule has 108 valence electrons. The SMILES string of the molecule is Cc1c(Sc2ccccc2Br)cc(C(=O)O)cc1[N+](=O)[O-]. The first-order chi connectivity index (χ1) is 9.90. The highest BCUT2D eigenvalue weighted by molar-refractivity contribution is 9.10. The first-order valence-corrected chi connectivity index (χ1v) is 7.46. The summed E-state index contributed by atoms with van der Waals surface area (Å²) in [6.45, 7) is 1.61. The molecule has 0 heterocycles. The Kier molecular flexibility index (Phi) is 4.64. The second kappa shape index (κ2) is 6.28. The molecule has 0 aliphatic rings. The smallest absolute Gasteiger partial charge is 0.335 e. The molecular weight excluding hydrogens is 358 g/mol. The molecule has 2 aromatic rings. The first-order valence-electron chi connectivity index (χ1n) is 5.85. The van der Waals surface area contributed by atoms with Gasteiger partial charge < -0.3 is 5.11 Å². The van der Waals surface area contributed by atoms with E-state index in [1.54, 1.807) is 6.92 Å². The van der Waals surface area contributed by atoms with Crippen LogP contribution in [0.4, 0.5) is 5.69 Å². The standard InChI is InChI=1S/C14H10BrNO4S/c1-8-11(16(19)20)6-9(14(17)18)7-13(8)21-12-5-3-2-4-10(12)15/h2-7H,1H3,(H,17,18). The third-order valence-electron chi connectivity index (χ3n) is 2.83. The Bertz CT molecular complexity index is 733. The van der Waals surface area contributed by atoms with Gasteiger partial charge in [-0.3, -0.25) is 10.1 Å². The Morgan fingerprint density at radius 1 is 1.29 bits per heavy atom. The Balaban J connectivity index is 2.55. The van der Waals surface area contributed by atoms with Gasteiger partial charge in [0.25, 0.3) is 5.69 Å². The molecule has 21 heavy (non-hydrogen) atoms. The molecule has 0 amide bonds. The van der Waals surface area contributed by atoms with E-state index < -0.39 is 10.9 Å². The Labute approximate surface area is 133 Å². The van der Waals surface area contributed by atoms with E-state index in [4.69, 9.17) is 5.11 Å². The fourth-order valence-corrected chi connectivity index (χ4v) is 3.26. The highest BCUT2D eigenvalue weighted by Gasteiger charge is 2.20. The van der Waals surface area contributed by atoms with Crippen LogP contribution in [0.25, 0.3) is 0 Å². The molecule has 0 atom stereocenters.